The number of fused-ring (bicyclic) bond motifs is 1. The third-order valence-corrected chi connectivity index (χ3v) is 5.02. The normalized spacial score (nSPS) is 10.7. The van der Waals surface area contributed by atoms with Crippen molar-refractivity contribution in [1.29, 1.82) is 0 Å². The second-order valence-corrected chi connectivity index (χ2v) is 7.02. The van der Waals surface area contributed by atoms with Gasteiger partial charge >= 0.3 is 0 Å². The summed E-state index contributed by atoms with van der Waals surface area (Å²) >= 11 is 0. The Bertz CT molecular complexity index is 1130. The zero-order valence-electron chi connectivity index (χ0n) is 16.8. The van der Waals surface area contributed by atoms with Crippen molar-refractivity contribution in [2.24, 2.45) is 0 Å². The third-order valence-electron chi connectivity index (χ3n) is 5.02. The van der Waals surface area contributed by atoms with Crippen LogP contribution in [0.2, 0.25) is 0 Å². The molecule has 0 saturated heterocycles. The van der Waals surface area contributed by atoms with Crippen LogP contribution < -0.4 is 10.1 Å². The van der Waals surface area contributed by atoms with Crippen LogP contribution in [-0.4, -0.2) is 29.5 Å². The molecule has 5 heteroatoms. The Morgan fingerprint density at radius 1 is 0.967 bits per heavy atom. The van der Waals surface area contributed by atoms with Gasteiger partial charge in [0.1, 0.15) is 5.75 Å². The molecule has 2 aromatic carbocycles. The Morgan fingerprint density at radius 3 is 2.57 bits per heavy atom. The average Bonchev–Trinajstić information content (AvgIpc) is 2.82. The van der Waals surface area contributed by atoms with Gasteiger partial charge in [-0.05, 0) is 48.7 Å². The minimum atomic E-state index is -0.111. The Balaban J connectivity index is 1.35. The largest absolute Gasteiger partial charge is 0.497 e. The van der Waals surface area contributed by atoms with Crippen LogP contribution in [0.3, 0.4) is 0 Å². The molecule has 2 aromatic heterocycles. The maximum atomic E-state index is 12.4. The highest BCUT2D eigenvalue weighted by Crippen LogP contribution is 2.25. The molecule has 0 saturated carbocycles. The summed E-state index contributed by atoms with van der Waals surface area (Å²) in [5, 5.41) is 4.03. The summed E-state index contributed by atoms with van der Waals surface area (Å²) in [6.07, 6.45) is 5.16. The fraction of sp³-hybridized carbons (Fsp3) is 0.160. The molecule has 0 fully saturated rings. The van der Waals surface area contributed by atoms with E-state index in [0.717, 1.165) is 40.8 Å². The zero-order valence-corrected chi connectivity index (χ0v) is 16.8. The standard InChI is InChI=1S/C25H23N3O2/c1-30-21-12-9-18(10-13-21)5-3-16-27-25(29)20-11-14-23(28-17-20)22-8-2-6-19-7-4-15-26-24(19)22/h2,4,6-15,17H,3,5,16H2,1H3,(H,27,29). The summed E-state index contributed by atoms with van der Waals surface area (Å²) in [5.74, 6) is 0.738. The number of nitrogens with one attached hydrogen (secondary N) is 1. The maximum absolute atomic E-state index is 12.4. The lowest BCUT2D eigenvalue weighted by atomic mass is 10.1. The van der Waals surface area contributed by atoms with Gasteiger partial charge in [-0.2, -0.15) is 0 Å². The van der Waals surface area contributed by atoms with Gasteiger partial charge in [0.2, 0.25) is 0 Å². The van der Waals surface area contributed by atoms with E-state index in [4.69, 9.17) is 4.74 Å². The molecule has 0 aliphatic heterocycles. The molecule has 1 amide bonds. The van der Waals surface area contributed by atoms with Gasteiger partial charge in [0.05, 0.1) is 23.9 Å². The molecule has 0 radical (unpaired) electrons. The van der Waals surface area contributed by atoms with E-state index in [-0.39, 0.29) is 5.91 Å². The Hall–Kier alpha value is -3.73. The topological polar surface area (TPSA) is 64.1 Å². The van der Waals surface area contributed by atoms with Gasteiger partial charge in [-0.15, -0.1) is 0 Å². The predicted molar refractivity (Wildman–Crippen MR) is 119 cm³/mol. The summed E-state index contributed by atoms with van der Waals surface area (Å²) in [4.78, 5) is 21.4. The number of hydrogen-bond acceptors (Lipinski definition) is 4. The highest BCUT2D eigenvalue weighted by atomic mass is 16.5. The van der Waals surface area contributed by atoms with Crippen molar-refractivity contribution in [1.82, 2.24) is 15.3 Å². The van der Waals surface area contributed by atoms with Gasteiger partial charge in [-0.1, -0.05) is 36.4 Å². The quantitative estimate of drug-likeness (QED) is 0.460. The maximum Gasteiger partial charge on any atom is 0.252 e. The molecule has 0 aliphatic carbocycles. The zero-order chi connectivity index (χ0) is 20.8. The molecular formula is C25H23N3O2. The van der Waals surface area contributed by atoms with Crippen LogP contribution in [0.25, 0.3) is 22.2 Å². The highest BCUT2D eigenvalue weighted by molar-refractivity contribution is 5.95. The number of rotatable bonds is 7. The summed E-state index contributed by atoms with van der Waals surface area (Å²) in [7, 11) is 1.66. The lowest BCUT2D eigenvalue weighted by Crippen LogP contribution is -2.24. The molecule has 0 aliphatic rings. The SMILES string of the molecule is COc1ccc(CCCNC(=O)c2ccc(-c3cccc4cccnc34)nc2)cc1. The van der Waals surface area contributed by atoms with E-state index in [0.29, 0.717) is 12.1 Å². The summed E-state index contributed by atoms with van der Waals surface area (Å²) in [5.41, 5.74) is 4.44. The second-order valence-electron chi connectivity index (χ2n) is 7.02. The van der Waals surface area contributed by atoms with Crippen LogP contribution in [0.15, 0.2) is 79.1 Å². The second kappa shape index (κ2) is 9.18. The number of nitrogens with zero attached hydrogens (tertiary/aromatic N) is 2. The van der Waals surface area contributed by atoms with Gasteiger partial charge in [0.25, 0.3) is 5.91 Å². The van der Waals surface area contributed by atoms with Gasteiger partial charge in [0, 0.05) is 29.9 Å². The van der Waals surface area contributed by atoms with Crippen molar-refractivity contribution in [3.05, 3.63) is 90.3 Å². The van der Waals surface area contributed by atoms with Crippen molar-refractivity contribution in [2.45, 2.75) is 12.8 Å². The number of hydrogen-bond donors (Lipinski definition) is 1. The number of methoxy groups -OCH3 is 1. The molecule has 0 atom stereocenters. The molecule has 2 heterocycles. The van der Waals surface area contributed by atoms with Crippen LogP contribution in [0.4, 0.5) is 0 Å². The van der Waals surface area contributed by atoms with Crippen LogP contribution in [0.5, 0.6) is 5.75 Å². The van der Waals surface area contributed by atoms with Gasteiger partial charge in [0.15, 0.2) is 0 Å². The number of carbonyl (C=O) groups excluding carboxylic acids is 1. The van der Waals surface area contributed by atoms with Crippen LogP contribution in [0.1, 0.15) is 22.3 Å². The van der Waals surface area contributed by atoms with Gasteiger partial charge < -0.3 is 10.1 Å². The van der Waals surface area contributed by atoms with Crippen molar-refractivity contribution in [3.63, 3.8) is 0 Å². The van der Waals surface area contributed by atoms with Crippen molar-refractivity contribution in [2.75, 3.05) is 13.7 Å². The first-order valence-electron chi connectivity index (χ1n) is 9.96. The average molecular weight is 397 g/mol. The molecule has 5 nitrogen and oxygen atoms in total. The number of benzene rings is 2. The monoisotopic (exact) mass is 397 g/mol. The van der Waals surface area contributed by atoms with Crippen molar-refractivity contribution < 1.29 is 9.53 Å². The Kier molecular flexibility index (Phi) is 5.99. The summed E-state index contributed by atoms with van der Waals surface area (Å²) in [6.45, 7) is 0.611. The molecule has 4 rings (SSSR count). The number of para-hydroxylation sites is 1. The van der Waals surface area contributed by atoms with Crippen LogP contribution >= 0.6 is 0 Å². The molecule has 1 N–H and O–H groups in total. The van der Waals surface area contributed by atoms with Crippen molar-refractivity contribution >= 4 is 16.8 Å². The number of aryl methyl sites for hydroxylation is 1. The predicted octanol–water partition coefficient (Wildman–Crippen LogP) is 4.67. The fourth-order valence-electron chi connectivity index (χ4n) is 3.39. The number of aromatic nitrogens is 2. The van der Waals surface area contributed by atoms with E-state index in [1.807, 2.05) is 66.7 Å². The van der Waals surface area contributed by atoms with E-state index in [1.54, 1.807) is 19.5 Å². The molecule has 0 bridgehead atoms. The minimum absolute atomic E-state index is 0.111. The first-order valence-corrected chi connectivity index (χ1v) is 9.96. The lowest BCUT2D eigenvalue weighted by Gasteiger charge is -2.08. The minimum Gasteiger partial charge on any atom is -0.497 e. The number of carbonyl (C=O) groups is 1. The van der Waals surface area contributed by atoms with Crippen LogP contribution in [0, 0.1) is 0 Å². The summed E-state index contributed by atoms with van der Waals surface area (Å²) < 4.78 is 5.17. The third kappa shape index (κ3) is 4.46. The fourth-order valence-corrected chi connectivity index (χ4v) is 3.39. The van der Waals surface area contributed by atoms with E-state index in [2.05, 4.69) is 15.3 Å². The molecular weight excluding hydrogens is 374 g/mol. The number of amides is 1. The van der Waals surface area contributed by atoms with Gasteiger partial charge in [-0.3, -0.25) is 14.8 Å². The lowest BCUT2D eigenvalue weighted by molar-refractivity contribution is 0.0953. The first kappa shape index (κ1) is 19.6. The molecule has 0 unspecified atom stereocenters. The molecule has 30 heavy (non-hydrogen) atoms. The first-order chi connectivity index (χ1) is 14.7. The highest BCUT2D eigenvalue weighted by Gasteiger charge is 2.09. The number of pyridine rings is 2. The molecule has 150 valence electrons. The Morgan fingerprint density at radius 2 is 1.80 bits per heavy atom. The van der Waals surface area contributed by atoms with E-state index in [9.17, 15) is 4.79 Å². The van der Waals surface area contributed by atoms with Crippen molar-refractivity contribution in [3.8, 4) is 17.0 Å². The van der Waals surface area contributed by atoms with Crippen LogP contribution in [-0.2, 0) is 6.42 Å². The molecule has 4 aromatic rings. The smallest absolute Gasteiger partial charge is 0.252 e. The molecule has 0 spiro atoms. The Labute approximate surface area is 175 Å². The van der Waals surface area contributed by atoms with E-state index >= 15 is 0 Å². The number of ether oxygens (including phenoxy) is 1. The van der Waals surface area contributed by atoms with Gasteiger partial charge in [-0.25, -0.2) is 0 Å². The van der Waals surface area contributed by atoms with E-state index in [1.165, 1.54) is 5.56 Å². The summed E-state index contributed by atoms with van der Waals surface area (Å²) in [6, 6.07) is 21.6. The van der Waals surface area contributed by atoms with E-state index < -0.39 is 0 Å².